The molecular formula is C13H14BrN3OS. The van der Waals surface area contributed by atoms with E-state index < -0.39 is 5.66 Å². The molecule has 2 rings (SSSR count). The summed E-state index contributed by atoms with van der Waals surface area (Å²) in [4.78, 5) is 15.0. The van der Waals surface area contributed by atoms with Gasteiger partial charge in [-0.15, -0.1) is 23.7 Å². The van der Waals surface area contributed by atoms with Gasteiger partial charge >= 0.3 is 0 Å². The maximum Gasteiger partial charge on any atom is 0.227 e. The van der Waals surface area contributed by atoms with Crippen LogP contribution in [0.2, 0.25) is 0 Å². The van der Waals surface area contributed by atoms with Crippen LogP contribution in [0.4, 0.5) is 0 Å². The molecule has 0 saturated heterocycles. The monoisotopic (exact) mass is 339 g/mol. The van der Waals surface area contributed by atoms with Crippen molar-refractivity contribution in [3.63, 3.8) is 0 Å². The molecule has 1 aliphatic heterocycles. The van der Waals surface area contributed by atoms with Gasteiger partial charge in [0.05, 0.1) is 13.0 Å². The molecule has 1 aliphatic rings. The van der Waals surface area contributed by atoms with Crippen molar-refractivity contribution < 1.29 is 4.79 Å². The van der Waals surface area contributed by atoms with E-state index in [1.54, 1.807) is 23.3 Å². The number of amides is 1. The van der Waals surface area contributed by atoms with Crippen LogP contribution in [0.3, 0.4) is 0 Å². The second-order valence-electron chi connectivity index (χ2n) is 4.50. The first-order chi connectivity index (χ1) is 9.06. The molecule has 4 nitrogen and oxygen atoms in total. The van der Waals surface area contributed by atoms with Gasteiger partial charge in [-0.05, 0) is 27.4 Å². The van der Waals surface area contributed by atoms with Crippen LogP contribution in [0.1, 0.15) is 24.1 Å². The lowest BCUT2D eigenvalue weighted by molar-refractivity contribution is -0.131. The Labute approximate surface area is 125 Å². The number of hydrogen-bond acceptors (Lipinski definition) is 4. The van der Waals surface area contributed by atoms with E-state index in [0.717, 1.165) is 9.35 Å². The van der Waals surface area contributed by atoms with Crippen LogP contribution in [-0.2, 0) is 11.3 Å². The fraction of sp³-hybridized carbons (Fsp3) is 0.462. The predicted octanol–water partition coefficient (Wildman–Crippen LogP) is 3.43. The van der Waals surface area contributed by atoms with Crippen LogP contribution in [-0.4, -0.2) is 23.5 Å². The van der Waals surface area contributed by atoms with E-state index in [1.165, 1.54) is 0 Å². The number of carbonyl (C=O) groups is 1. The van der Waals surface area contributed by atoms with Crippen molar-refractivity contribution in [2.45, 2.75) is 31.5 Å². The first-order valence-corrected chi connectivity index (χ1v) is 7.57. The second-order valence-corrected chi connectivity index (χ2v) is 6.36. The Morgan fingerprint density at radius 1 is 1.63 bits per heavy atom. The molecular weight excluding hydrogens is 326 g/mol. The maximum atomic E-state index is 12.1. The van der Waals surface area contributed by atoms with Crippen LogP contribution in [0, 0.1) is 12.3 Å². The molecule has 1 amide bonds. The number of halogens is 1. The first-order valence-electron chi connectivity index (χ1n) is 5.90. The van der Waals surface area contributed by atoms with E-state index in [2.05, 4.69) is 32.1 Å². The molecule has 0 unspecified atom stereocenters. The van der Waals surface area contributed by atoms with Crippen LogP contribution in [0.25, 0.3) is 0 Å². The molecule has 0 atom stereocenters. The zero-order valence-electron chi connectivity index (χ0n) is 10.6. The molecule has 0 aromatic carbocycles. The lowest BCUT2D eigenvalue weighted by atomic mass is 10.0. The molecule has 0 bridgehead atoms. The summed E-state index contributed by atoms with van der Waals surface area (Å²) >= 11 is 5.09. The van der Waals surface area contributed by atoms with Gasteiger partial charge in [-0.3, -0.25) is 4.79 Å². The Kier molecular flexibility index (Phi) is 4.38. The summed E-state index contributed by atoms with van der Waals surface area (Å²) < 4.78 is 1.04. The largest absolute Gasteiger partial charge is 0.340 e. The number of rotatable bonds is 6. The minimum absolute atomic E-state index is 0.0438. The van der Waals surface area contributed by atoms with Crippen molar-refractivity contribution in [3.05, 3.63) is 20.8 Å². The van der Waals surface area contributed by atoms with E-state index >= 15 is 0 Å². The van der Waals surface area contributed by atoms with E-state index in [1.807, 2.05) is 11.4 Å². The number of nitrogens with zero attached hydrogens (tertiary/aromatic N) is 3. The maximum absolute atomic E-state index is 12.1. The third-order valence-corrected chi connectivity index (χ3v) is 4.90. The van der Waals surface area contributed by atoms with Crippen molar-refractivity contribution in [2.75, 3.05) is 7.05 Å². The molecule has 1 aromatic heterocycles. The molecule has 0 fully saturated rings. The molecule has 0 aliphatic carbocycles. The van der Waals surface area contributed by atoms with Gasteiger partial charge in [0.25, 0.3) is 0 Å². The number of thiophene rings is 1. The minimum atomic E-state index is -0.537. The highest BCUT2D eigenvalue weighted by Gasteiger charge is 2.42. The lowest BCUT2D eigenvalue weighted by Crippen LogP contribution is -2.30. The van der Waals surface area contributed by atoms with Crippen molar-refractivity contribution in [1.29, 1.82) is 0 Å². The number of carbonyl (C=O) groups excluding carboxylic acids is 1. The Bertz CT molecular complexity index is 540. The molecule has 6 heteroatoms. The summed E-state index contributed by atoms with van der Waals surface area (Å²) in [5.41, 5.74) is -0.537. The number of hydrogen-bond donors (Lipinski definition) is 0. The zero-order valence-corrected chi connectivity index (χ0v) is 13.0. The molecule has 2 heterocycles. The average Bonchev–Trinajstić information content (AvgIpc) is 3.03. The van der Waals surface area contributed by atoms with E-state index in [-0.39, 0.29) is 5.91 Å². The summed E-state index contributed by atoms with van der Waals surface area (Å²) in [5.74, 6) is 2.60. The number of terminal acetylenes is 1. The second kappa shape index (κ2) is 5.85. The molecule has 19 heavy (non-hydrogen) atoms. The van der Waals surface area contributed by atoms with Crippen molar-refractivity contribution in [1.82, 2.24) is 4.90 Å². The average molecular weight is 340 g/mol. The van der Waals surface area contributed by atoms with Crippen molar-refractivity contribution in [3.8, 4) is 12.3 Å². The molecule has 0 radical (unpaired) electrons. The smallest absolute Gasteiger partial charge is 0.227 e. The lowest BCUT2D eigenvalue weighted by Gasteiger charge is -2.18. The quantitative estimate of drug-likeness (QED) is 0.732. The first kappa shape index (κ1) is 14.2. The SMILES string of the molecule is C#CCCC1(CC(=O)N(C)Cc2sccc2Br)N=N1. The van der Waals surface area contributed by atoms with Crippen molar-refractivity contribution in [2.24, 2.45) is 10.2 Å². The molecule has 0 N–H and O–H groups in total. The van der Waals surface area contributed by atoms with E-state index in [9.17, 15) is 4.79 Å². The van der Waals surface area contributed by atoms with Gasteiger partial charge in [0, 0.05) is 29.2 Å². The highest BCUT2D eigenvalue weighted by atomic mass is 79.9. The van der Waals surface area contributed by atoms with E-state index in [4.69, 9.17) is 6.42 Å². The highest BCUT2D eigenvalue weighted by molar-refractivity contribution is 9.10. The molecule has 0 spiro atoms. The Morgan fingerprint density at radius 2 is 2.37 bits per heavy atom. The normalized spacial score (nSPS) is 15.0. The fourth-order valence-electron chi connectivity index (χ4n) is 1.72. The summed E-state index contributed by atoms with van der Waals surface area (Å²) in [5, 5.41) is 9.96. The summed E-state index contributed by atoms with van der Waals surface area (Å²) in [6, 6.07) is 1.98. The van der Waals surface area contributed by atoms with Crippen LogP contribution in [0.5, 0.6) is 0 Å². The fourth-order valence-corrected chi connectivity index (χ4v) is 3.25. The van der Waals surface area contributed by atoms with Gasteiger partial charge in [0.15, 0.2) is 0 Å². The minimum Gasteiger partial charge on any atom is -0.340 e. The van der Waals surface area contributed by atoms with Gasteiger partial charge in [0.1, 0.15) is 0 Å². The van der Waals surface area contributed by atoms with Gasteiger partial charge in [-0.1, -0.05) is 0 Å². The summed E-state index contributed by atoms with van der Waals surface area (Å²) in [6.45, 7) is 0.600. The summed E-state index contributed by atoms with van der Waals surface area (Å²) in [7, 11) is 1.80. The third kappa shape index (κ3) is 3.64. The standard InChI is InChI=1S/C13H14BrN3OS/c1-3-4-6-13(15-16-13)8-12(18)17(2)9-11-10(14)5-7-19-11/h1,5,7H,4,6,8-9H2,2H3. The van der Waals surface area contributed by atoms with Gasteiger partial charge in [0.2, 0.25) is 11.6 Å². The highest BCUT2D eigenvalue weighted by Crippen LogP contribution is 2.37. The van der Waals surface area contributed by atoms with Crippen molar-refractivity contribution >= 4 is 33.2 Å². The third-order valence-electron chi connectivity index (χ3n) is 2.98. The van der Waals surface area contributed by atoms with E-state index in [0.29, 0.717) is 25.8 Å². The zero-order chi connectivity index (χ0) is 13.9. The van der Waals surface area contributed by atoms with Crippen LogP contribution in [0.15, 0.2) is 26.1 Å². The predicted molar refractivity (Wildman–Crippen MR) is 78.8 cm³/mol. The Morgan fingerprint density at radius 3 is 2.89 bits per heavy atom. The molecule has 100 valence electrons. The van der Waals surface area contributed by atoms with Crippen LogP contribution >= 0.6 is 27.3 Å². The van der Waals surface area contributed by atoms with Gasteiger partial charge in [-0.25, -0.2) is 0 Å². The Balaban J connectivity index is 1.87. The molecule has 1 aromatic rings. The van der Waals surface area contributed by atoms with Gasteiger partial charge < -0.3 is 4.90 Å². The van der Waals surface area contributed by atoms with Gasteiger partial charge in [-0.2, -0.15) is 10.2 Å². The summed E-state index contributed by atoms with van der Waals surface area (Å²) in [6.07, 6.45) is 6.80. The molecule has 0 saturated carbocycles. The topological polar surface area (TPSA) is 45.0 Å². The van der Waals surface area contributed by atoms with Crippen LogP contribution < -0.4 is 0 Å². The Hall–Kier alpha value is -1.19.